The van der Waals surface area contributed by atoms with Crippen molar-refractivity contribution in [2.24, 2.45) is 81.4 Å². The quantitative estimate of drug-likeness (QED) is 0.0938. The number of piperidine rings is 1. The molecule has 762 valence electrons. The molecule has 2 amide bonds. The van der Waals surface area contributed by atoms with E-state index in [-0.39, 0.29) is 66.2 Å². The first-order valence-corrected chi connectivity index (χ1v) is 39.4. The predicted octanol–water partition coefficient (Wildman–Crippen LogP) is 16.6. The van der Waals surface area contributed by atoms with Gasteiger partial charge in [-0.15, -0.1) is 0 Å². The van der Waals surface area contributed by atoms with Gasteiger partial charge in [-0.1, -0.05) is 272 Å². The summed E-state index contributed by atoms with van der Waals surface area (Å²) in [5.74, 6) is 4.58. The molecule has 3 rings (SSSR count). The van der Waals surface area contributed by atoms with Crippen molar-refractivity contribution in [3.05, 3.63) is 71.8 Å². The van der Waals surface area contributed by atoms with E-state index >= 15 is 0 Å². The van der Waals surface area contributed by atoms with Gasteiger partial charge < -0.3 is 159 Å². The topological polar surface area (TPSA) is 684 Å². The largest absolute Gasteiger partial charge is 0.394 e. The number of rotatable bonds is 12. The van der Waals surface area contributed by atoms with E-state index < -0.39 is 0 Å². The summed E-state index contributed by atoms with van der Waals surface area (Å²) in [5.41, 5.74) is 38.9. The van der Waals surface area contributed by atoms with Gasteiger partial charge in [-0.25, -0.2) is 0 Å². The Hall–Kier alpha value is -7.51. The number of aryl methyl sites for hydroxylation is 2. The Morgan fingerprint density at radius 1 is 0.352 bits per heavy atom. The highest BCUT2D eigenvalue weighted by Crippen LogP contribution is 2.15. The molecule has 2 aromatic carbocycles. The Balaban J connectivity index is -0.0000000190. The van der Waals surface area contributed by atoms with Gasteiger partial charge in [0.2, 0.25) is 11.8 Å². The van der Waals surface area contributed by atoms with Gasteiger partial charge in [-0.2, -0.15) is 0 Å². The number of carbonyl (C=O) groups excluding carboxylic acids is 15. The van der Waals surface area contributed by atoms with E-state index in [1.807, 2.05) is 168 Å². The number of ether oxygens (including phenoxy) is 1. The fourth-order valence-electron chi connectivity index (χ4n) is 4.07. The van der Waals surface area contributed by atoms with E-state index in [2.05, 4.69) is 238 Å². The lowest BCUT2D eigenvalue weighted by atomic mass is 9.97. The Kier molecular flexibility index (Phi) is 699. The zero-order valence-electron chi connectivity index (χ0n) is 88.1. The van der Waals surface area contributed by atoms with E-state index in [9.17, 15) is 9.59 Å². The van der Waals surface area contributed by atoms with E-state index in [0.29, 0.717) is 0 Å². The van der Waals surface area contributed by atoms with Crippen LogP contribution >= 0.6 is 0 Å². The second-order valence-electron chi connectivity index (χ2n) is 21.3. The van der Waals surface area contributed by atoms with Crippen molar-refractivity contribution in [2.75, 3.05) is 76.1 Å². The molecule has 1 aliphatic heterocycles. The summed E-state index contributed by atoms with van der Waals surface area (Å²) in [5, 5.41) is 10.9. The highest BCUT2D eigenvalue weighted by Gasteiger charge is 2.29. The van der Waals surface area contributed by atoms with Gasteiger partial charge in [-0.05, 0) is 177 Å². The van der Waals surface area contributed by atoms with Crippen molar-refractivity contribution in [1.29, 1.82) is 0 Å². The molecule has 0 radical (unpaired) electrons. The molecule has 1 saturated heterocycles. The minimum atomic E-state index is -0.351. The van der Waals surface area contributed by atoms with Gasteiger partial charge in [0, 0.05) is 32.7 Å². The van der Waals surface area contributed by atoms with Crippen LogP contribution in [0.2, 0.25) is 0 Å². The lowest BCUT2D eigenvalue weighted by Gasteiger charge is -2.32. The van der Waals surface area contributed by atoms with Gasteiger partial charge >= 0.3 is 0 Å². The van der Waals surface area contributed by atoms with Gasteiger partial charge in [0.1, 0.15) is 94.3 Å². The van der Waals surface area contributed by atoms with Gasteiger partial charge in [0.25, 0.3) is 0 Å². The lowest BCUT2D eigenvalue weighted by molar-refractivity contribution is -0.138. The number of hydrogen-bond acceptors (Lipinski definition) is 30. The van der Waals surface area contributed by atoms with Crippen LogP contribution in [0.5, 0.6) is 0 Å². The Morgan fingerprint density at radius 2 is 0.508 bits per heavy atom. The molecule has 0 aromatic heterocycles. The molecule has 1 heterocycles. The summed E-state index contributed by atoms with van der Waals surface area (Å²) in [6, 6.07) is 20.6. The summed E-state index contributed by atoms with van der Waals surface area (Å²) in [6.07, 6.45) is 12.9. The predicted molar refractivity (Wildman–Crippen MR) is 546 cm³/mol. The van der Waals surface area contributed by atoms with Crippen molar-refractivity contribution in [3.8, 4) is 0 Å². The zero-order chi connectivity index (χ0) is 103. The van der Waals surface area contributed by atoms with Crippen LogP contribution in [0.3, 0.4) is 0 Å². The average molecular weight is 1790 g/mol. The monoisotopic (exact) mass is 1790 g/mol. The minimum absolute atomic E-state index is 0. The van der Waals surface area contributed by atoms with Gasteiger partial charge in [0.05, 0.1) is 5.60 Å². The number of nitrogens with one attached hydrogen (secondary N) is 1. The summed E-state index contributed by atoms with van der Waals surface area (Å²) in [7, 11) is 12.0. The number of hydrogen-bond donors (Lipinski definition) is 15. The van der Waals surface area contributed by atoms with Crippen LogP contribution in [0.4, 0.5) is 0 Å². The molecule has 33 N–H and O–H groups in total. The number of likely N-dealkylation sites (tertiary alicyclic amines) is 1. The molecule has 1 fully saturated rings. The molecule has 0 aliphatic carbocycles. The number of nitrogens with zero attached hydrogens (tertiary/aromatic N) is 1. The number of aliphatic hydroxyl groups is 1. The van der Waals surface area contributed by atoms with E-state index in [1.54, 1.807) is 13.8 Å². The molecule has 1 aliphatic rings. The molecule has 32 nitrogen and oxygen atoms in total. The summed E-state index contributed by atoms with van der Waals surface area (Å²) in [4.78, 5) is 129. The minimum Gasteiger partial charge on any atom is -0.394 e. The Morgan fingerprint density at radius 3 is 0.598 bits per heavy atom. The first-order valence-electron chi connectivity index (χ1n) is 39.4. The summed E-state index contributed by atoms with van der Waals surface area (Å²) >= 11 is 0. The second kappa shape index (κ2) is 356. The number of benzene rings is 2. The van der Waals surface area contributed by atoms with Gasteiger partial charge in [0.15, 0.2) is 0 Å². The third kappa shape index (κ3) is 507. The number of carbonyl (C=O) groups is 15. The molecule has 122 heavy (non-hydrogen) atoms. The number of amides is 2. The molecular weight excluding hydrogens is 1560 g/mol. The molecule has 2 aromatic rings. The molecule has 0 bridgehead atoms. The van der Waals surface area contributed by atoms with Crippen LogP contribution in [-0.4, -0.2) is 204 Å². The van der Waals surface area contributed by atoms with E-state index in [0.717, 1.165) is 81.4 Å². The lowest BCUT2D eigenvalue weighted by Crippen LogP contribution is -2.52. The summed E-state index contributed by atoms with van der Waals surface area (Å²) in [6.45, 7) is 95.2. The summed E-state index contributed by atoms with van der Waals surface area (Å²) < 4.78 is 5.23. The van der Waals surface area contributed by atoms with Crippen LogP contribution in [0, 0.1) is 35.5 Å². The van der Waals surface area contributed by atoms with Crippen LogP contribution in [0.1, 0.15) is 290 Å². The van der Waals surface area contributed by atoms with E-state index in [1.165, 1.54) is 113 Å². The maximum absolute atomic E-state index is 12.3. The molecule has 32 heteroatoms. The SMILES string of the molecule is C=O.C=O.C=O.C=O.C=O.C=O.C=O.C=O.C=O.C=O.C=O.C=O.C=O.CC.CC.CC.CC(C)O.CCC(C)C.CCC(C)C.CCC(C)C.CCC(C)C.CCC(C)C.CCOC(C)(C)C.CC[C@H](C)[C@H](NC(C)=O)C(=O)N1CCCCC1.CCc1ccccc1.CCc1ccccc1.CN.CN.CN.CN.CN.CN.CN.CN.N.N.N.N.N. The van der Waals surface area contributed by atoms with Crippen molar-refractivity contribution in [1.82, 2.24) is 41.0 Å². The third-order valence-corrected chi connectivity index (χ3v) is 10.7. The number of nitrogens with two attached hydrogens (primary N) is 8. The Bertz CT molecular complexity index is 1420. The normalized spacial score (nSPS) is 7.84. The molecular formula is C90H225N15O17. The molecule has 2 atom stereocenters. The van der Waals surface area contributed by atoms with Crippen LogP contribution in [0.15, 0.2) is 60.7 Å². The third-order valence-electron chi connectivity index (χ3n) is 10.7. The molecule has 0 spiro atoms. The second-order valence-corrected chi connectivity index (χ2v) is 21.3. The standard InChI is InChI=1S/C13H24N2O2.2C8H10.C6H14O.5C5H12.C3H8O.3C2H6.8CH5N.13CH2O.5H3N/c1-4-10(2)12(14-11(3)16)13(17)15-8-6-5-7-9-15;2*1-2-8-6-4-3-5-7-8;1-5-7-6(2,3)4;5*1-4-5(2)3;1-3(2)4;24*1-2;;;;;/h10,12H,4-9H2,1-3H3,(H,14,16);2*3-7H,2H2,1H3;5H2,1-4H3;5*5H,4H2,1-3H3;3-4H,1-2H3;3*1-2H3;8*2H2,1H3;13*1H2;5*1H3/t10-,12-;;;;;;;;;;;;;;;;;;;;;;;;;;;;;;;;;;;;;;/m0....................................../s1. The van der Waals surface area contributed by atoms with Crippen LogP contribution < -0.4 is 81.9 Å². The van der Waals surface area contributed by atoms with Crippen molar-refractivity contribution in [3.63, 3.8) is 0 Å². The number of aliphatic hydroxyl groups excluding tert-OH is 1. The maximum Gasteiger partial charge on any atom is 0.245 e. The fraction of sp³-hybridized carbons (Fsp3) is 0.700. The van der Waals surface area contributed by atoms with Crippen molar-refractivity contribution < 1.29 is 81.8 Å². The van der Waals surface area contributed by atoms with Gasteiger partial charge in [-0.3, -0.25) is 9.59 Å². The first-order chi connectivity index (χ1) is 56.1. The van der Waals surface area contributed by atoms with Crippen LogP contribution in [-0.2, 0) is 89.5 Å². The van der Waals surface area contributed by atoms with Crippen LogP contribution in [0.25, 0.3) is 0 Å². The Labute approximate surface area is 758 Å². The smallest absolute Gasteiger partial charge is 0.245 e. The molecule has 0 saturated carbocycles. The molecule has 0 unspecified atom stereocenters. The first kappa shape index (κ1) is 239. The van der Waals surface area contributed by atoms with Crippen molar-refractivity contribution >= 4 is 100 Å². The zero-order valence-corrected chi connectivity index (χ0v) is 88.1. The highest BCUT2D eigenvalue weighted by molar-refractivity contribution is 5.87. The van der Waals surface area contributed by atoms with E-state index in [4.69, 9.17) is 72.2 Å². The average Bonchev–Trinajstić information content (AvgIpc) is 0.858. The fourth-order valence-corrected chi connectivity index (χ4v) is 4.07. The highest BCUT2D eigenvalue weighted by atomic mass is 16.5. The van der Waals surface area contributed by atoms with Crippen molar-refractivity contribution in [2.45, 2.75) is 310 Å². The maximum atomic E-state index is 12.3.